The normalized spacial score (nSPS) is 21.0. The Bertz CT molecular complexity index is 970. The number of hydrogen-bond acceptors (Lipinski definition) is 4. The molecule has 1 atom stereocenters. The standard InChI is InChI=1S/C22H21Cl2NO3/c1-13-3-2-8-25(11-13)12-16-19(26)7-5-15-21(27)20(28-22(15)16)10-14-4-6-17(23)18(24)9-14/h4-7,9-10,13,26H,2-3,8,11-12H2,1H3/b20-10+. The predicted molar refractivity (Wildman–Crippen MR) is 111 cm³/mol. The summed E-state index contributed by atoms with van der Waals surface area (Å²) in [6.45, 7) is 4.75. The molecule has 2 aliphatic rings. The van der Waals surface area contributed by atoms with Crippen LogP contribution in [0.15, 0.2) is 36.1 Å². The van der Waals surface area contributed by atoms with Crippen LogP contribution in [0.4, 0.5) is 0 Å². The number of carbonyl (C=O) groups is 1. The quantitative estimate of drug-likeness (QED) is 0.665. The third-order valence-corrected chi connectivity index (χ3v) is 6.02. The molecule has 1 N–H and O–H groups in total. The van der Waals surface area contributed by atoms with Crippen LogP contribution >= 0.6 is 23.2 Å². The number of ether oxygens (including phenoxy) is 1. The number of ketones is 1. The zero-order valence-corrected chi connectivity index (χ0v) is 17.1. The van der Waals surface area contributed by atoms with Gasteiger partial charge in [-0.05, 0) is 61.2 Å². The van der Waals surface area contributed by atoms with Gasteiger partial charge in [0.2, 0.25) is 5.78 Å². The van der Waals surface area contributed by atoms with Gasteiger partial charge in [-0.3, -0.25) is 9.69 Å². The number of Topliss-reactive ketones (excluding diaryl/α,β-unsaturated/α-hetero) is 1. The van der Waals surface area contributed by atoms with Crippen LogP contribution in [0.5, 0.6) is 11.5 Å². The number of hydrogen-bond donors (Lipinski definition) is 1. The molecule has 0 amide bonds. The van der Waals surface area contributed by atoms with E-state index in [2.05, 4.69) is 11.8 Å². The fraction of sp³-hybridized carbons (Fsp3) is 0.318. The molecule has 28 heavy (non-hydrogen) atoms. The lowest BCUT2D eigenvalue weighted by Gasteiger charge is -2.31. The van der Waals surface area contributed by atoms with E-state index in [0.29, 0.717) is 39.4 Å². The van der Waals surface area contributed by atoms with E-state index in [9.17, 15) is 9.90 Å². The van der Waals surface area contributed by atoms with Gasteiger partial charge >= 0.3 is 0 Å². The van der Waals surface area contributed by atoms with E-state index >= 15 is 0 Å². The van der Waals surface area contributed by atoms with Crippen LogP contribution in [-0.4, -0.2) is 28.9 Å². The molecule has 1 saturated heterocycles. The molecule has 4 nitrogen and oxygen atoms in total. The smallest absolute Gasteiger partial charge is 0.231 e. The Balaban J connectivity index is 1.64. The van der Waals surface area contributed by atoms with Gasteiger partial charge in [-0.15, -0.1) is 0 Å². The molecule has 0 spiro atoms. The van der Waals surface area contributed by atoms with E-state index in [1.807, 2.05) is 0 Å². The first-order chi connectivity index (χ1) is 13.4. The number of allylic oxidation sites excluding steroid dienone is 1. The molecule has 0 bridgehead atoms. The summed E-state index contributed by atoms with van der Waals surface area (Å²) in [5.74, 6) is 1.25. The van der Waals surface area contributed by atoms with Crippen molar-refractivity contribution < 1.29 is 14.6 Å². The van der Waals surface area contributed by atoms with Crippen molar-refractivity contribution in [3.05, 3.63) is 62.8 Å². The number of benzene rings is 2. The number of likely N-dealkylation sites (tertiary alicyclic amines) is 1. The Morgan fingerprint density at radius 2 is 2.07 bits per heavy atom. The maximum Gasteiger partial charge on any atom is 0.231 e. The molecule has 0 aliphatic carbocycles. The first-order valence-corrected chi connectivity index (χ1v) is 10.1. The summed E-state index contributed by atoms with van der Waals surface area (Å²) < 4.78 is 5.92. The van der Waals surface area contributed by atoms with Crippen LogP contribution < -0.4 is 4.74 Å². The van der Waals surface area contributed by atoms with Gasteiger partial charge in [-0.2, -0.15) is 0 Å². The molecule has 2 aromatic carbocycles. The molecular weight excluding hydrogens is 397 g/mol. The number of fused-ring (bicyclic) bond motifs is 1. The van der Waals surface area contributed by atoms with Crippen molar-refractivity contribution in [3.63, 3.8) is 0 Å². The van der Waals surface area contributed by atoms with Gasteiger partial charge in [0.1, 0.15) is 11.5 Å². The lowest BCUT2D eigenvalue weighted by atomic mass is 9.99. The summed E-state index contributed by atoms with van der Waals surface area (Å²) in [7, 11) is 0. The second-order valence-electron chi connectivity index (χ2n) is 7.54. The van der Waals surface area contributed by atoms with Crippen molar-refractivity contribution in [3.8, 4) is 11.5 Å². The van der Waals surface area contributed by atoms with Gasteiger partial charge in [0, 0.05) is 13.1 Å². The Morgan fingerprint density at radius 1 is 1.25 bits per heavy atom. The molecule has 0 radical (unpaired) electrons. The molecule has 2 heterocycles. The zero-order chi connectivity index (χ0) is 19.8. The van der Waals surface area contributed by atoms with Crippen molar-refractivity contribution in [2.75, 3.05) is 13.1 Å². The summed E-state index contributed by atoms with van der Waals surface area (Å²) in [5, 5.41) is 11.3. The fourth-order valence-electron chi connectivity index (χ4n) is 3.86. The van der Waals surface area contributed by atoms with Crippen molar-refractivity contribution in [2.45, 2.75) is 26.3 Å². The summed E-state index contributed by atoms with van der Waals surface area (Å²) in [6, 6.07) is 8.33. The monoisotopic (exact) mass is 417 g/mol. The van der Waals surface area contributed by atoms with Crippen LogP contribution in [0.25, 0.3) is 6.08 Å². The SMILES string of the molecule is CC1CCCN(Cc2c(O)ccc3c2O/C(=C/c2ccc(Cl)c(Cl)c2)C3=O)C1. The van der Waals surface area contributed by atoms with Gasteiger partial charge in [0.05, 0.1) is 21.2 Å². The molecule has 1 unspecified atom stereocenters. The predicted octanol–water partition coefficient (Wildman–Crippen LogP) is 5.55. The maximum absolute atomic E-state index is 12.8. The van der Waals surface area contributed by atoms with Gasteiger partial charge in [-0.1, -0.05) is 36.2 Å². The Kier molecular flexibility index (Phi) is 5.37. The fourth-order valence-corrected chi connectivity index (χ4v) is 4.16. The van der Waals surface area contributed by atoms with E-state index in [1.165, 1.54) is 6.42 Å². The molecule has 6 heteroatoms. The molecule has 4 rings (SSSR count). The number of phenolic OH excluding ortho intramolecular Hbond substituents is 1. The number of phenols is 1. The van der Waals surface area contributed by atoms with Crippen LogP contribution in [0.3, 0.4) is 0 Å². The van der Waals surface area contributed by atoms with Crippen LogP contribution in [0, 0.1) is 5.92 Å². The number of rotatable bonds is 3. The van der Waals surface area contributed by atoms with E-state index in [0.717, 1.165) is 25.1 Å². The largest absolute Gasteiger partial charge is 0.507 e. The summed E-state index contributed by atoms with van der Waals surface area (Å²) in [4.78, 5) is 15.1. The molecule has 0 aromatic heterocycles. The summed E-state index contributed by atoms with van der Waals surface area (Å²) >= 11 is 12.0. The highest BCUT2D eigenvalue weighted by atomic mass is 35.5. The number of carbonyl (C=O) groups excluding carboxylic acids is 1. The van der Waals surface area contributed by atoms with Gasteiger partial charge in [-0.25, -0.2) is 0 Å². The lowest BCUT2D eigenvalue weighted by molar-refractivity contribution is 0.101. The van der Waals surface area contributed by atoms with Gasteiger partial charge < -0.3 is 9.84 Å². The molecule has 2 aromatic rings. The number of piperidine rings is 1. The Hall–Kier alpha value is -2.01. The van der Waals surface area contributed by atoms with Crippen molar-refractivity contribution >= 4 is 35.1 Å². The van der Waals surface area contributed by atoms with Gasteiger partial charge in [0.25, 0.3) is 0 Å². The zero-order valence-electron chi connectivity index (χ0n) is 15.5. The molecule has 2 aliphatic heterocycles. The average molecular weight is 418 g/mol. The Morgan fingerprint density at radius 3 is 2.82 bits per heavy atom. The second-order valence-corrected chi connectivity index (χ2v) is 8.35. The highest BCUT2D eigenvalue weighted by Crippen LogP contribution is 2.40. The molecule has 1 fully saturated rings. The minimum Gasteiger partial charge on any atom is -0.507 e. The topological polar surface area (TPSA) is 49.8 Å². The molecule has 0 saturated carbocycles. The first kappa shape index (κ1) is 19.3. The molecular formula is C22H21Cl2NO3. The average Bonchev–Trinajstić information content (AvgIpc) is 2.97. The van der Waals surface area contributed by atoms with Crippen molar-refractivity contribution in [1.82, 2.24) is 4.90 Å². The second kappa shape index (κ2) is 7.78. The molecule has 146 valence electrons. The van der Waals surface area contributed by atoms with Crippen molar-refractivity contribution in [2.24, 2.45) is 5.92 Å². The highest BCUT2D eigenvalue weighted by Gasteiger charge is 2.32. The first-order valence-electron chi connectivity index (χ1n) is 9.39. The highest BCUT2D eigenvalue weighted by molar-refractivity contribution is 6.42. The Labute approximate surface area is 174 Å². The van der Waals surface area contributed by atoms with Crippen LogP contribution in [0.2, 0.25) is 10.0 Å². The van der Waals surface area contributed by atoms with E-state index < -0.39 is 0 Å². The minimum absolute atomic E-state index is 0.153. The third-order valence-electron chi connectivity index (χ3n) is 5.28. The number of halogens is 2. The van der Waals surface area contributed by atoms with E-state index in [1.54, 1.807) is 36.4 Å². The van der Waals surface area contributed by atoms with Crippen molar-refractivity contribution in [1.29, 1.82) is 0 Å². The lowest BCUT2D eigenvalue weighted by Crippen LogP contribution is -2.33. The number of nitrogens with zero attached hydrogens (tertiary/aromatic N) is 1. The summed E-state index contributed by atoms with van der Waals surface area (Å²) in [6.07, 6.45) is 4.01. The maximum atomic E-state index is 12.8. The third kappa shape index (κ3) is 3.77. The van der Waals surface area contributed by atoms with Crippen LogP contribution in [-0.2, 0) is 6.54 Å². The number of aromatic hydroxyl groups is 1. The summed E-state index contributed by atoms with van der Waals surface area (Å²) in [5.41, 5.74) is 1.86. The van der Waals surface area contributed by atoms with Gasteiger partial charge in [0.15, 0.2) is 5.76 Å². The minimum atomic E-state index is -0.200. The van der Waals surface area contributed by atoms with Crippen LogP contribution in [0.1, 0.15) is 41.3 Å². The van der Waals surface area contributed by atoms with E-state index in [-0.39, 0.29) is 17.3 Å². The van der Waals surface area contributed by atoms with E-state index in [4.69, 9.17) is 27.9 Å².